The predicted octanol–water partition coefficient (Wildman–Crippen LogP) is 1.81. The smallest absolute Gasteiger partial charge is 0.265 e. The first kappa shape index (κ1) is 14.7. The van der Waals surface area contributed by atoms with E-state index in [1.807, 2.05) is 6.92 Å². The lowest BCUT2D eigenvalue weighted by Crippen LogP contribution is -2.35. The van der Waals surface area contributed by atoms with Crippen LogP contribution in [0.2, 0.25) is 0 Å². The van der Waals surface area contributed by atoms with Crippen LogP contribution in [0.5, 0.6) is 0 Å². The highest BCUT2D eigenvalue weighted by molar-refractivity contribution is 6.20. The minimum Gasteiger partial charge on any atom is -0.399 e. The number of fused-ring (bicyclic) bond motifs is 1. The van der Waals surface area contributed by atoms with Crippen LogP contribution < -0.4 is 10.6 Å². The van der Waals surface area contributed by atoms with E-state index in [-0.39, 0.29) is 0 Å². The lowest BCUT2D eigenvalue weighted by atomic mass is 10.2. The monoisotopic (exact) mass is 309 g/mol. The van der Waals surface area contributed by atoms with Crippen LogP contribution in [0, 0.1) is 6.92 Å². The van der Waals surface area contributed by atoms with E-state index in [0.717, 1.165) is 10.7 Å². The van der Waals surface area contributed by atoms with Gasteiger partial charge in [-0.1, -0.05) is 6.07 Å². The largest absolute Gasteiger partial charge is 0.399 e. The quantitative estimate of drug-likeness (QED) is 0.729. The number of nitrogens with zero attached hydrogens (tertiary/aromatic N) is 4. The Morgan fingerprint density at radius 2 is 1.96 bits per heavy atom. The highest BCUT2D eigenvalue weighted by atomic mass is 16.2. The SMILES string of the molecule is CC(=O)N(C(=O)c1ccn2c(C)nnc2c1)c1cccc(N)c1. The normalized spacial score (nSPS) is 10.7. The van der Waals surface area contributed by atoms with Gasteiger partial charge in [-0.15, -0.1) is 10.2 Å². The molecule has 0 aliphatic rings. The Kier molecular flexibility index (Phi) is 3.53. The molecule has 0 bridgehead atoms. The number of nitrogen functional groups attached to an aromatic ring is 1. The third-order valence-corrected chi connectivity index (χ3v) is 3.47. The van der Waals surface area contributed by atoms with Gasteiger partial charge in [-0.05, 0) is 37.3 Å². The van der Waals surface area contributed by atoms with Crippen molar-refractivity contribution in [3.63, 3.8) is 0 Å². The summed E-state index contributed by atoms with van der Waals surface area (Å²) in [7, 11) is 0. The fraction of sp³-hybridized carbons (Fsp3) is 0.125. The number of aryl methyl sites for hydroxylation is 1. The van der Waals surface area contributed by atoms with Crippen molar-refractivity contribution in [2.24, 2.45) is 0 Å². The number of pyridine rings is 1. The van der Waals surface area contributed by atoms with Crippen molar-refractivity contribution >= 4 is 28.8 Å². The number of rotatable bonds is 2. The Labute approximate surface area is 132 Å². The fourth-order valence-electron chi connectivity index (χ4n) is 2.38. The van der Waals surface area contributed by atoms with Crippen molar-refractivity contribution in [3.8, 4) is 0 Å². The number of carbonyl (C=O) groups excluding carboxylic acids is 2. The lowest BCUT2D eigenvalue weighted by Gasteiger charge is -2.19. The topological polar surface area (TPSA) is 93.6 Å². The summed E-state index contributed by atoms with van der Waals surface area (Å²) >= 11 is 0. The summed E-state index contributed by atoms with van der Waals surface area (Å²) in [5.41, 5.74) is 7.54. The summed E-state index contributed by atoms with van der Waals surface area (Å²) in [6.07, 6.45) is 1.70. The summed E-state index contributed by atoms with van der Waals surface area (Å²) in [6, 6.07) is 9.86. The molecule has 0 aliphatic carbocycles. The van der Waals surface area contributed by atoms with Crippen LogP contribution in [-0.4, -0.2) is 26.4 Å². The third-order valence-electron chi connectivity index (χ3n) is 3.47. The number of carbonyl (C=O) groups is 2. The number of imide groups is 1. The molecule has 23 heavy (non-hydrogen) atoms. The van der Waals surface area contributed by atoms with E-state index >= 15 is 0 Å². The molecular weight excluding hydrogens is 294 g/mol. The molecule has 3 rings (SSSR count). The van der Waals surface area contributed by atoms with Gasteiger partial charge in [0.25, 0.3) is 5.91 Å². The molecule has 116 valence electrons. The molecule has 0 unspecified atom stereocenters. The van der Waals surface area contributed by atoms with Crippen LogP contribution in [-0.2, 0) is 4.79 Å². The van der Waals surface area contributed by atoms with Crippen LogP contribution in [0.3, 0.4) is 0 Å². The number of anilines is 2. The number of nitrogens with two attached hydrogens (primary N) is 1. The van der Waals surface area contributed by atoms with Crippen molar-refractivity contribution < 1.29 is 9.59 Å². The molecular formula is C16H15N5O2. The van der Waals surface area contributed by atoms with Crippen LogP contribution in [0.1, 0.15) is 23.1 Å². The molecule has 0 aliphatic heterocycles. The second-order valence-corrected chi connectivity index (χ2v) is 5.15. The molecule has 2 heterocycles. The van der Waals surface area contributed by atoms with Crippen molar-refractivity contribution in [2.45, 2.75) is 13.8 Å². The van der Waals surface area contributed by atoms with E-state index in [4.69, 9.17) is 5.73 Å². The van der Waals surface area contributed by atoms with E-state index in [1.165, 1.54) is 6.92 Å². The molecule has 2 aromatic heterocycles. The molecule has 0 atom stereocenters. The summed E-state index contributed by atoms with van der Waals surface area (Å²) in [5.74, 6) is -0.109. The number of hydrogen-bond donors (Lipinski definition) is 1. The van der Waals surface area contributed by atoms with E-state index < -0.39 is 11.8 Å². The van der Waals surface area contributed by atoms with Gasteiger partial charge in [0.2, 0.25) is 5.91 Å². The minimum absolute atomic E-state index is 0.350. The van der Waals surface area contributed by atoms with Gasteiger partial charge < -0.3 is 5.73 Å². The molecule has 0 spiro atoms. The van der Waals surface area contributed by atoms with Gasteiger partial charge in [-0.2, -0.15) is 0 Å². The lowest BCUT2D eigenvalue weighted by molar-refractivity contribution is -0.115. The number of hydrogen-bond acceptors (Lipinski definition) is 5. The zero-order valence-electron chi connectivity index (χ0n) is 12.7. The highest BCUT2D eigenvalue weighted by Gasteiger charge is 2.22. The molecule has 3 aromatic rings. The van der Waals surface area contributed by atoms with E-state index in [2.05, 4.69) is 10.2 Å². The zero-order chi connectivity index (χ0) is 16.6. The summed E-state index contributed by atoms with van der Waals surface area (Å²) < 4.78 is 1.76. The van der Waals surface area contributed by atoms with Gasteiger partial charge >= 0.3 is 0 Å². The van der Waals surface area contributed by atoms with Gasteiger partial charge in [-0.3, -0.25) is 14.0 Å². The van der Waals surface area contributed by atoms with Crippen molar-refractivity contribution in [3.05, 3.63) is 54.0 Å². The average Bonchev–Trinajstić information content (AvgIpc) is 2.88. The van der Waals surface area contributed by atoms with Gasteiger partial charge in [-0.25, -0.2) is 4.90 Å². The van der Waals surface area contributed by atoms with Crippen molar-refractivity contribution in [1.82, 2.24) is 14.6 Å². The first-order chi connectivity index (χ1) is 11.0. The molecule has 2 N–H and O–H groups in total. The van der Waals surface area contributed by atoms with Gasteiger partial charge in [0.05, 0.1) is 5.69 Å². The summed E-state index contributed by atoms with van der Waals surface area (Å²) in [4.78, 5) is 25.8. The Balaban J connectivity index is 2.04. The van der Waals surface area contributed by atoms with Crippen molar-refractivity contribution in [1.29, 1.82) is 0 Å². The highest BCUT2D eigenvalue weighted by Crippen LogP contribution is 2.21. The second-order valence-electron chi connectivity index (χ2n) is 5.15. The molecule has 0 fully saturated rings. The Hall–Kier alpha value is -3.22. The molecule has 7 heteroatoms. The maximum Gasteiger partial charge on any atom is 0.265 e. The number of aromatic nitrogens is 3. The average molecular weight is 309 g/mol. The first-order valence-corrected chi connectivity index (χ1v) is 6.99. The zero-order valence-corrected chi connectivity index (χ0v) is 12.7. The van der Waals surface area contributed by atoms with Gasteiger partial charge in [0, 0.05) is 24.4 Å². The van der Waals surface area contributed by atoms with E-state index in [9.17, 15) is 9.59 Å². The molecule has 0 radical (unpaired) electrons. The van der Waals surface area contributed by atoms with Crippen LogP contribution in [0.4, 0.5) is 11.4 Å². The Morgan fingerprint density at radius 3 is 2.65 bits per heavy atom. The Bertz CT molecular complexity index is 916. The van der Waals surface area contributed by atoms with Crippen LogP contribution >= 0.6 is 0 Å². The summed E-state index contributed by atoms with van der Waals surface area (Å²) in [5, 5.41) is 7.94. The van der Waals surface area contributed by atoms with Crippen molar-refractivity contribution in [2.75, 3.05) is 10.6 Å². The van der Waals surface area contributed by atoms with Crippen LogP contribution in [0.15, 0.2) is 42.6 Å². The molecule has 2 amide bonds. The summed E-state index contributed by atoms with van der Waals surface area (Å²) in [6.45, 7) is 3.15. The maximum absolute atomic E-state index is 12.8. The third kappa shape index (κ3) is 2.64. The minimum atomic E-state index is -0.439. The van der Waals surface area contributed by atoms with E-state index in [0.29, 0.717) is 22.6 Å². The predicted molar refractivity (Wildman–Crippen MR) is 86.1 cm³/mol. The number of benzene rings is 1. The molecule has 1 aromatic carbocycles. The van der Waals surface area contributed by atoms with Gasteiger partial charge in [0.1, 0.15) is 5.82 Å². The maximum atomic E-state index is 12.8. The van der Waals surface area contributed by atoms with Crippen LogP contribution in [0.25, 0.3) is 5.65 Å². The van der Waals surface area contributed by atoms with Gasteiger partial charge in [0.15, 0.2) is 5.65 Å². The Morgan fingerprint density at radius 1 is 1.17 bits per heavy atom. The molecule has 7 nitrogen and oxygen atoms in total. The first-order valence-electron chi connectivity index (χ1n) is 6.99. The molecule has 0 saturated heterocycles. The second kappa shape index (κ2) is 5.53. The molecule has 0 saturated carbocycles. The number of amides is 2. The van der Waals surface area contributed by atoms with E-state index in [1.54, 1.807) is 47.0 Å². The standard InChI is InChI=1S/C16H15N5O2/c1-10-18-19-15-8-12(6-7-20(10)15)16(23)21(11(2)22)14-5-3-4-13(17)9-14/h3-9H,17H2,1-2H3. The fourth-order valence-corrected chi connectivity index (χ4v) is 2.38.